The molecule has 2 aliphatic heterocycles. The maximum Gasteiger partial charge on any atom is 0.315 e. The Labute approximate surface area is 192 Å². The highest BCUT2D eigenvalue weighted by atomic mass is 16.7. The molecular weight excluding hydrogens is 422 g/mol. The number of carbonyl (C=O) groups is 2. The topological polar surface area (TPSA) is 83.4 Å². The SMILES string of the molecule is CC1=NC2=C(C(=O)CCC2)[C@@H](c2ccc3c(c2)OCO3)C1C(=O)OCCOc1ccccc1. The number of benzene rings is 2. The molecule has 0 amide bonds. The molecule has 1 unspecified atom stereocenters. The van der Waals surface area contributed by atoms with Gasteiger partial charge < -0.3 is 18.9 Å². The smallest absolute Gasteiger partial charge is 0.315 e. The number of allylic oxidation sites excluding steroid dienone is 2. The first-order valence-corrected chi connectivity index (χ1v) is 11.2. The van der Waals surface area contributed by atoms with Crippen molar-refractivity contribution in [3.63, 3.8) is 0 Å². The molecule has 0 radical (unpaired) electrons. The fraction of sp³-hybridized carbons (Fsp3) is 0.346. The van der Waals surface area contributed by atoms with E-state index >= 15 is 0 Å². The summed E-state index contributed by atoms with van der Waals surface area (Å²) in [5.41, 5.74) is 2.87. The second-order valence-corrected chi connectivity index (χ2v) is 8.29. The summed E-state index contributed by atoms with van der Waals surface area (Å²) >= 11 is 0. The van der Waals surface area contributed by atoms with Gasteiger partial charge in [-0.25, -0.2) is 0 Å². The Morgan fingerprint density at radius 1 is 1.06 bits per heavy atom. The van der Waals surface area contributed by atoms with E-state index in [1.165, 1.54) is 0 Å². The van der Waals surface area contributed by atoms with Crippen molar-refractivity contribution in [2.75, 3.05) is 20.0 Å². The minimum absolute atomic E-state index is 0.0420. The number of Topliss-reactive ketones (excluding diaryl/α,β-unsaturated/α-hetero) is 1. The van der Waals surface area contributed by atoms with E-state index in [0.29, 0.717) is 35.0 Å². The third kappa shape index (κ3) is 4.23. The standard InChI is InChI=1S/C26H25NO6/c1-16-23(26(29)31-13-12-30-18-6-3-2-4-7-18)24(25-19(27-16)8-5-9-20(25)28)17-10-11-21-22(14-17)33-15-32-21/h2-4,6-7,10-11,14,23-24H,5,8-9,12-13,15H2,1H3/t23?,24-/m0/s1. The van der Waals surface area contributed by atoms with Gasteiger partial charge in [0.25, 0.3) is 0 Å². The second kappa shape index (κ2) is 9.10. The van der Waals surface area contributed by atoms with Crippen LogP contribution in [-0.2, 0) is 14.3 Å². The van der Waals surface area contributed by atoms with Gasteiger partial charge in [-0.2, -0.15) is 0 Å². The minimum Gasteiger partial charge on any atom is -0.490 e. The molecule has 0 spiro atoms. The number of hydrogen-bond donors (Lipinski definition) is 0. The van der Waals surface area contributed by atoms with Crippen LogP contribution in [0.5, 0.6) is 17.2 Å². The van der Waals surface area contributed by atoms with Crippen molar-refractivity contribution < 1.29 is 28.5 Å². The summed E-state index contributed by atoms with van der Waals surface area (Å²) in [7, 11) is 0. The third-order valence-electron chi connectivity index (χ3n) is 6.18. The molecule has 0 fully saturated rings. The zero-order valence-corrected chi connectivity index (χ0v) is 18.4. The van der Waals surface area contributed by atoms with E-state index in [1.54, 1.807) is 0 Å². The number of para-hydroxylation sites is 1. The first-order valence-electron chi connectivity index (χ1n) is 11.2. The van der Waals surface area contributed by atoms with Crippen LogP contribution in [0.2, 0.25) is 0 Å². The molecule has 1 aliphatic carbocycles. The van der Waals surface area contributed by atoms with Gasteiger partial charge in [-0.1, -0.05) is 24.3 Å². The van der Waals surface area contributed by atoms with Crippen LogP contribution in [0.3, 0.4) is 0 Å². The molecule has 0 aromatic heterocycles. The fourth-order valence-corrected chi connectivity index (χ4v) is 4.69. The number of carbonyl (C=O) groups excluding carboxylic acids is 2. The normalized spacial score (nSPS) is 21.4. The van der Waals surface area contributed by atoms with Gasteiger partial charge in [0.15, 0.2) is 17.3 Å². The Hall–Kier alpha value is -3.61. The van der Waals surface area contributed by atoms with E-state index in [2.05, 4.69) is 4.99 Å². The van der Waals surface area contributed by atoms with E-state index in [4.69, 9.17) is 18.9 Å². The van der Waals surface area contributed by atoms with Crippen molar-refractivity contribution in [2.45, 2.75) is 32.1 Å². The molecule has 2 atom stereocenters. The number of aliphatic imine (C=N–C) groups is 1. The van der Waals surface area contributed by atoms with E-state index in [0.717, 1.165) is 24.1 Å². The molecule has 0 bridgehead atoms. The highest BCUT2D eigenvalue weighted by Crippen LogP contribution is 2.45. The zero-order chi connectivity index (χ0) is 22.8. The summed E-state index contributed by atoms with van der Waals surface area (Å²) in [6, 6.07) is 14.9. The van der Waals surface area contributed by atoms with Crippen molar-refractivity contribution >= 4 is 17.5 Å². The van der Waals surface area contributed by atoms with Gasteiger partial charge in [0.2, 0.25) is 6.79 Å². The van der Waals surface area contributed by atoms with E-state index < -0.39 is 17.8 Å². The molecule has 0 saturated carbocycles. The van der Waals surface area contributed by atoms with Gasteiger partial charge in [0.05, 0.1) is 0 Å². The van der Waals surface area contributed by atoms with E-state index in [1.807, 2.05) is 55.5 Å². The lowest BCUT2D eigenvalue weighted by atomic mass is 9.71. The van der Waals surface area contributed by atoms with Gasteiger partial charge in [0, 0.05) is 29.3 Å². The Kier molecular flexibility index (Phi) is 5.86. The van der Waals surface area contributed by atoms with Crippen molar-refractivity contribution in [1.82, 2.24) is 0 Å². The maximum absolute atomic E-state index is 13.3. The average Bonchev–Trinajstić information content (AvgIpc) is 3.29. The van der Waals surface area contributed by atoms with E-state index in [-0.39, 0.29) is 25.8 Å². The highest BCUT2D eigenvalue weighted by molar-refractivity contribution is 6.08. The van der Waals surface area contributed by atoms with Crippen LogP contribution in [0.25, 0.3) is 0 Å². The molecule has 170 valence electrons. The minimum atomic E-state index is -0.692. The lowest BCUT2D eigenvalue weighted by molar-refractivity contribution is -0.147. The molecule has 2 aromatic rings. The number of fused-ring (bicyclic) bond motifs is 1. The lowest BCUT2D eigenvalue weighted by Gasteiger charge is -2.34. The van der Waals surface area contributed by atoms with Gasteiger partial charge in [-0.05, 0) is 49.6 Å². The molecule has 0 N–H and O–H groups in total. The fourth-order valence-electron chi connectivity index (χ4n) is 4.69. The number of ketones is 1. The van der Waals surface area contributed by atoms with Gasteiger partial charge in [-0.15, -0.1) is 0 Å². The third-order valence-corrected chi connectivity index (χ3v) is 6.18. The van der Waals surface area contributed by atoms with Crippen molar-refractivity contribution in [1.29, 1.82) is 0 Å². The lowest BCUT2D eigenvalue weighted by Crippen LogP contribution is -2.37. The maximum atomic E-state index is 13.3. The number of rotatable bonds is 6. The molecule has 5 rings (SSSR count). The van der Waals surface area contributed by atoms with Crippen molar-refractivity contribution in [3.8, 4) is 17.2 Å². The number of nitrogens with zero attached hydrogens (tertiary/aromatic N) is 1. The van der Waals surface area contributed by atoms with Gasteiger partial charge >= 0.3 is 5.97 Å². The second-order valence-electron chi connectivity index (χ2n) is 8.29. The van der Waals surface area contributed by atoms with Crippen LogP contribution < -0.4 is 14.2 Å². The van der Waals surface area contributed by atoms with Crippen LogP contribution in [0.1, 0.15) is 37.7 Å². The average molecular weight is 447 g/mol. The summed E-state index contributed by atoms with van der Waals surface area (Å²) in [6.45, 7) is 2.32. The number of esters is 1. The van der Waals surface area contributed by atoms with Gasteiger partial charge in [-0.3, -0.25) is 14.6 Å². The summed E-state index contributed by atoms with van der Waals surface area (Å²) in [4.78, 5) is 30.9. The number of ether oxygens (including phenoxy) is 4. The zero-order valence-electron chi connectivity index (χ0n) is 18.4. The molecule has 7 nitrogen and oxygen atoms in total. The molecule has 7 heteroatoms. The number of hydrogen-bond acceptors (Lipinski definition) is 7. The van der Waals surface area contributed by atoms with E-state index in [9.17, 15) is 9.59 Å². The van der Waals surface area contributed by atoms with Crippen molar-refractivity contribution in [3.05, 3.63) is 65.4 Å². The van der Waals surface area contributed by atoms with Gasteiger partial charge in [0.1, 0.15) is 24.9 Å². The molecule has 3 aliphatic rings. The van der Waals surface area contributed by atoms with Crippen LogP contribution in [-0.4, -0.2) is 37.5 Å². The quantitative estimate of drug-likeness (QED) is 0.487. The molecular formula is C26H25NO6. The molecule has 33 heavy (non-hydrogen) atoms. The highest BCUT2D eigenvalue weighted by Gasteiger charge is 2.43. The van der Waals surface area contributed by atoms with Crippen LogP contribution in [0.15, 0.2) is 64.8 Å². The van der Waals surface area contributed by atoms with Crippen LogP contribution in [0.4, 0.5) is 0 Å². The summed E-state index contributed by atoms with van der Waals surface area (Å²) in [5.74, 6) is 0.443. The summed E-state index contributed by atoms with van der Waals surface area (Å²) in [5, 5.41) is 0. The van der Waals surface area contributed by atoms with Crippen LogP contribution >= 0.6 is 0 Å². The molecule has 2 aromatic carbocycles. The molecule has 2 heterocycles. The predicted molar refractivity (Wildman–Crippen MR) is 121 cm³/mol. The Balaban J connectivity index is 1.39. The van der Waals surface area contributed by atoms with Crippen molar-refractivity contribution in [2.24, 2.45) is 10.9 Å². The molecule has 0 saturated heterocycles. The largest absolute Gasteiger partial charge is 0.490 e. The Bertz CT molecular complexity index is 1140. The summed E-state index contributed by atoms with van der Waals surface area (Å²) < 4.78 is 22.2. The summed E-state index contributed by atoms with van der Waals surface area (Å²) in [6.07, 6.45) is 1.96. The predicted octanol–water partition coefficient (Wildman–Crippen LogP) is 4.22. The Morgan fingerprint density at radius 3 is 2.73 bits per heavy atom. The first-order chi connectivity index (χ1) is 16.1. The Morgan fingerprint density at radius 2 is 1.88 bits per heavy atom. The monoisotopic (exact) mass is 447 g/mol. The first kappa shape index (κ1) is 21.2. The van der Waals surface area contributed by atoms with Crippen LogP contribution in [0, 0.1) is 5.92 Å².